The van der Waals surface area contributed by atoms with E-state index >= 15 is 0 Å². The maximum Gasteiger partial charge on any atom is 0.274 e. The molecule has 4 rings (SSSR count). The standard InChI is InChI=1S/C20H21N3O3/c24-18(22-26)16-1-2-17-12-20(6-3-15(17)11-16)7-10-23(19(20)25)13-14-4-8-21-9-5-14/h1-2,4-5,8-9,11,26H,3,6-7,10,12-13H2,(H,22,24). The van der Waals surface area contributed by atoms with Crippen LogP contribution in [-0.4, -0.2) is 33.5 Å². The van der Waals surface area contributed by atoms with Gasteiger partial charge in [-0.15, -0.1) is 0 Å². The Labute approximate surface area is 151 Å². The van der Waals surface area contributed by atoms with Gasteiger partial charge in [0.05, 0.1) is 5.41 Å². The van der Waals surface area contributed by atoms with Crippen LogP contribution >= 0.6 is 0 Å². The number of carbonyl (C=O) groups is 2. The van der Waals surface area contributed by atoms with Crippen LogP contribution in [0.4, 0.5) is 0 Å². The van der Waals surface area contributed by atoms with E-state index in [9.17, 15) is 9.59 Å². The summed E-state index contributed by atoms with van der Waals surface area (Å²) in [6, 6.07) is 9.34. The number of likely N-dealkylation sites (tertiary alicyclic amines) is 1. The Morgan fingerprint density at radius 3 is 2.77 bits per heavy atom. The molecule has 6 heteroatoms. The number of nitrogens with one attached hydrogen (secondary N) is 1. The molecule has 2 heterocycles. The van der Waals surface area contributed by atoms with Crippen molar-refractivity contribution in [2.75, 3.05) is 6.54 Å². The largest absolute Gasteiger partial charge is 0.338 e. The van der Waals surface area contributed by atoms with E-state index in [0.717, 1.165) is 48.9 Å². The number of pyridine rings is 1. The molecule has 2 aliphatic rings. The van der Waals surface area contributed by atoms with Gasteiger partial charge in [0.15, 0.2) is 0 Å². The third-order valence-corrected chi connectivity index (χ3v) is 5.70. The lowest BCUT2D eigenvalue weighted by atomic mass is 9.70. The van der Waals surface area contributed by atoms with Crippen LogP contribution < -0.4 is 5.48 Å². The number of hydroxylamine groups is 1. The smallest absolute Gasteiger partial charge is 0.274 e. The molecule has 6 nitrogen and oxygen atoms in total. The van der Waals surface area contributed by atoms with E-state index < -0.39 is 5.91 Å². The van der Waals surface area contributed by atoms with Gasteiger partial charge in [-0.05, 0) is 66.6 Å². The Morgan fingerprint density at radius 1 is 1.19 bits per heavy atom. The van der Waals surface area contributed by atoms with Crippen LogP contribution in [-0.2, 0) is 24.2 Å². The number of nitrogens with zero attached hydrogens (tertiary/aromatic N) is 2. The maximum atomic E-state index is 13.1. The van der Waals surface area contributed by atoms with Crippen molar-refractivity contribution in [2.24, 2.45) is 5.41 Å². The van der Waals surface area contributed by atoms with Crippen molar-refractivity contribution in [3.8, 4) is 0 Å². The molecule has 1 unspecified atom stereocenters. The summed E-state index contributed by atoms with van der Waals surface area (Å²) in [4.78, 5) is 30.7. The maximum absolute atomic E-state index is 13.1. The molecule has 0 bridgehead atoms. The SMILES string of the molecule is O=C(NO)c1ccc2c(c1)CCC1(CCN(Cc3ccncc3)C1=O)C2. The molecule has 1 atom stereocenters. The van der Waals surface area contributed by atoms with E-state index in [1.165, 1.54) is 0 Å². The zero-order chi connectivity index (χ0) is 18.1. The molecule has 2 N–H and O–H groups in total. The van der Waals surface area contributed by atoms with Gasteiger partial charge in [0.2, 0.25) is 5.91 Å². The predicted molar refractivity (Wildman–Crippen MR) is 94.4 cm³/mol. The van der Waals surface area contributed by atoms with Gasteiger partial charge in [0.25, 0.3) is 5.91 Å². The summed E-state index contributed by atoms with van der Waals surface area (Å²) in [5.41, 5.74) is 5.12. The molecular formula is C20H21N3O3. The molecular weight excluding hydrogens is 330 g/mol. The van der Waals surface area contributed by atoms with Crippen molar-refractivity contribution in [3.05, 3.63) is 65.0 Å². The Balaban J connectivity index is 1.52. The number of aryl methyl sites for hydroxylation is 1. The van der Waals surface area contributed by atoms with E-state index in [4.69, 9.17) is 5.21 Å². The Hall–Kier alpha value is -2.73. The van der Waals surface area contributed by atoms with Crippen molar-refractivity contribution >= 4 is 11.8 Å². The van der Waals surface area contributed by atoms with Gasteiger partial charge in [-0.25, -0.2) is 5.48 Å². The summed E-state index contributed by atoms with van der Waals surface area (Å²) in [6.45, 7) is 1.41. The lowest BCUT2D eigenvalue weighted by Crippen LogP contribution is -2.38. The molecule has 1 saturated heterocycles. The monoisotopic (exact) mass is 351 g/mol. The lowest BCUT2D eigenvalue weighted by molar-refractivity contribution is -0.137. The number of hydrogen-bond acceptors (Lipinski definition) is 4. The van der Waals surface area contributed by atoms with Crippen molar-refractivity contribution in [3.63, 3.8) is 0 Å². The Kier molecular flexibility index (Phi) is 4.20. The average molecular weight is 351 g/mol. The first kappa shape index (κ1) is 16.7. The van der Waals surface area contributed by atoms with Gasteiger partial charge in [0.1, 0.15) is 0 Å². The zero-order valence-corrected chi connectivity index (χ0v) is 14.4. The van der Waals surface area contributed by atoms with E-state index in [-0.39, 0.29) is 11.3 Å². The minimum Gasteiger partial charge on any atom is -0.338 e. The summed E-state index contributed by atoms with van der Waals surface area (Å²) >= 11 is 0. The summed E-state index contributed by atoms with van der Waals surface area (Å²) in [7, 11) is 0. The van der Waals surface area contributed by atoms with Gasteiger partial charge < -0.3 is 4.90 Å². The van der Waals surface area contributed by atoms with Crippen LogP contribution in [0.25, 0.3) is 0 Å². The predicted octanol–water partition coefficient (Wildman–Crippen LogP) is 2.11. The summed E-state index contributed by atoms with van der Waals surface area (Å²) in [6.07, 6.45) is 6.67. The normalized spacial score (nSPS) is 21.7. The fourth-order valence-electron chi connectivity index (χ4n) is 4.21. The molecule has 1 aliphatic heterocycles. The van der Waals surface area contributed by atoms with E-state index in [1.807, 2.05) is 29.2 Å². The molecule has 26 heavy (non-hydrogen) atoms. The van der Waals surface area contributed by atoms with Crippen molar-refractivity contribution < 1.29 is 14.8 Å². The van der Waals surface area contributed by atoms with Gasteiger partial charge >= 0.3 is 0 Å². The minimum atomic E-state index is -0.506. The van der Waals surface area contributed by atoms with Gasteiger partial charge in [-0.2, -0.15) is 0 Å². The van der Waals surface area contributed by atoms with Crippen LogP contribution in [0, 0.1) is 5.41 Å². The molecule has 1 aromatic carbocycles. The summed E-state index contributed by atoms with van der Waals surface area (Å²) < 4.78 is 0. The second-order valence-corrected chi connectivity index (χ2v) is 7.21. The highest BCUT2D eigenvalue weighted by Gasteiger charge is 2.47. The molecule has 0 radical (unpaired) electrons. The van der Waals surface area contributed by atoms with Gasteiger partial charge in [-0.3, -0.25) is 19.8 Å². The van der Waals surface area contributed by atoms with Crippen LogP contribution in [0.3, 0.4) is 0 Å². The third-order valence-electron chi connectivity index (χ3n) is 5.70. The van der Waals surface area contributed by atoms with Crippen molar-refractivity contribution in [1.29, 1.82) is 0 Å². The number of hydrogen-bond donors (Lipinski definition) is 2. The first-order valence-corrected chi connectivity index (χ1v) is 8.86. The Bertz CT molecular complexity index is 853. The second kappa shape index (κ2) is 6.53. The van der Waals surface area contributed by atoms with Gasteiger partial charge in [-0.1, -0.05) is 6.07 Å². The number of benzene rings is 1. The van der Waals surface area contributed by atoms with Crippen LogP contribution in [0.2, 0.25) is 0 Å². The molecule has 134 valence electrons. The second-order valence-electron chi connectivity index (χ2n) is 7.21. The quantitative estimate of drug-likeness (QED) is 0.655. The topological polar surface area (TPSA) is 82.5 Å². The average Bonchev–Trinajstić information content (AvgIpc) is 2.97. The van der Waals surface area contributed by atoms with Gasteiger partial charge in [0, 0.05) is 31.0 Å². The summed E-state index contributed by atoms with van der Waals surface area (Å²) in [5, 5.41) is 8.79. The highest BCUT2D eigenvalue weighted by molar-refractivity contribution is 5.93. The third kappa shape index (κ3) is 2.86. The fourth-order valence-corrected chi connectivity index (χ4v) is 4.21. The zero-order valence-electron chi connectivity index (χ0n) is 14.4. The fraction of sp³-hybridized carbons (Fsp3) is 0.350. The number of carbonyl (C=O) groups excluding carboxylic acids is 2. The molecule has 2 amide bonds. The van der Waals surface area contributed by atoms with Crippen LogP contribution in [0.1, 0.15) is 39.9 Å². The lowest BCUT2D eigenvalue weighted by Gasteiger charge is -2.33. The first-order valence-electron chi connectivity index (χ1n) is 8.86. The first-order chi connectivity index (χ1) is 12.6. The van der Waals surface area contributed by atoms with Crippen LogP contribution in [0.15, 0.2) is 42.7 Å². The van der Waals surface area contributed by atoms with E-state index in [1.54, 1.807) is 23.9 Å². The van der Waals surface area contributed by atoms with Crippen molar-refractivity contribution in [2.45, 2.75) is 32.2 Å². The highest BCUT2D eigenvalue weighted by Crippen LogP contribution is 2.44. The molecule has 1 aromatic heterocycles. The molecule has 2 aromatic rings. The number of aromatic nitrogens is 1. The Morgan fingerprint density at radius 2 is 2.00 bits per heavy atom. The van der Waals surface area contributed by atoms with E-state index in [0.29, 0.717) is 12.1 Å². The number of rotatable bonds is 3. The molecule has 0 saturated carbocycles. The molecule has 1 fully saturated rings. The van der Waals surface area contributed by atoms with Crippen LogP contribution in [0.5, 0.6) is 0 Å². The molecule has 1 spiro atoms. The number of fused-ring (bicyclic) bond motifs is 1. The van der Waals surface area contributed by atoms with E-state index in [2.05, 4.69) is 4.98 Å². The summed E-state index contributed by atoms with van der Waals surface area (Å²) in [5.74, 6) is -0.273. The van der Waals surface area contributed by atoms with Crippen molar-refractivity contribution in [1.82, 2.24) is 15.4 Å². The number of amides is 2. The highest BCUT2D eigenvalue weighted by atomic mass is 16.5. The molecule has 1 aliphatic carbocycles. The minimum absolute atomic E-state index is 0.233.